The lowest BCUT2D eigenvalue weighted by molar-refractivity contribution is 0.359. The number of halogens is 1. The predicted molar refractivity (Wildman–Crippen MR) is 193 cm³/mol. The van der Waals surface area contributed by atoms with E-state index in [0.29, 0.717) is 0 Å². The summed E-state index contributed by atoms with van der Waals surface area (Å²) < 4.78 is 0. The van der Waals surface area contributed by atoms with Crippen LogP contribution in [0.2, 0.25) is 0 Å². The number of fused-ring (bicyclic) bond motifs is 4. The van der Waals surface area contributed by atoms with Gasteiger partial charge in [-0.05, 0) is 75.7 Å². The molecule has 1 spiro atoms. The van der Waals surface area contributed by atoms with Crippen molar-refractivity contribution >= 4 is 45.7 Å². The largest absolute Gasteiger partial charge is 0.384 e. The van der Waals surface area contributed by atoms with Gasteiger partial charge in [0.25, 0.3) is 0 Å². The molecule has 0 radical (unpaired) electrons. The van der Waals surface area contributed by atoms with Gasteiger partial charge in [-0.1, -0.05) is 91.0 Å². The molecule has 2 N–H and O–H groups in total. The number of para-hydroxylation sites is 1. The van der Waals surface area contributed by atoms with Gasteiger partial charge in [0.1, 0.15) is 0 Å². The first-order valence-electron chi connectivity index (χ1n) is 15.9. The molecule has 1 fully saturated rings. The minimum absolute atomic E-state index is 0. The lowest BCUT2D eigenvalue weighted by Crippen LogP contribution is -2.44. The van der Waals surface area contributed by atoms with Crippen molar-refractivity contribution in [2.24, 2.45) is 0 Å². The van der Waals surface area contributed by atoms with Crippen LogP contribution in [-0.2, 0) is 5.41 Å². The third-order valence-corrected chi connectivity index (χ3v) is 10.0. The van der Waals surface area contributed by atoms with Crippen LogP contribution in [0.5, 0.6) is 0 Å². The summed E-state index contributed by atoms with van der Waals surface area (Å²) in [5.41, 5.74) is 11.1. The van der Waals surface area contributed by atoms with Crippen molar-refractivity contribution in [3.8, 4) is 33.5 Å². The van der Waals surface area contributed by atoms with E-state index in [2.05, 4.69) is 131 Å². The number of nitrogens with one attached hydrogen (secondary N) is 2. The van der Waals surface area contributed by atoms with Gasteiger partial charge < -0.3 is 15.2 Å². The molecule has 0 unspecified atom stereocenters. The number of H-pyrrole nitrogens is 1. The molecule has 6 heteroatoms. The van der Waals surface area contributed by atoms with Gasteiger partial charge in [0.15, 0.2) is 0 Å². The molecule has 2 aromatic heterocycles. The number of aromatic nitrogens is 3. The Labute approximate surface area is 274 Å². The van der Waals surface area contributed by atoms with Crippen LogP contribution < -0.4 is 10.2 Å². The van der Waals surface area contributed by atoms with Crippen molar-refractivity contribution in [2.75, 3.05) is 29.9 Å². The maximum atomic E-state index is 5.03. The van der Waals surface area contributed by atoms with Gasteiger partial charge in [-0.15, -0.1) is 12.4 Å². The molecule has 46 heavy (non-hydrogen) atoms. The van der Waals surface area contributed by atoms with Gasteiger partial charge in [0, 0.05) is 59.6 Å². The highest BCUT2D eigenvalue weighted by molar-refractivity contribution is 5.97. The normalized spacial score (nSPS) is 15.1. The number of aromatic amines is 1. The molecular weight excluding hydrogens is 586 g/mol. The quantitative estimate of drug-likeness (QED) is 0.206. The Bertz CT molecular complexity index is 2190. The molecule has 2 aliphatic rings. The molecule has 5 nitrogen and oxygen atoms in total. The molecule has 0 bridgehead atoms. The molecule has 0 aliphatic carbocycles. The lowest BCUT2D eigenvalue weighted by atomic mass is 9.74. The molecule has 0 atom stereocenters. The van der Waals surface area contributed by atoms with E-state index in [-0.39, 0.29) is 17.8 Å². The predicted octanol–water partition coefficient (Wildman–Crippen LogP) is 9.50. The molecule has 4 heterocycles. The first-order valence-corrected chi connectivity index (χ1v) is 15.9. The zero-order valence-corrected chi connectivity index (χ0v) is 26.2. The third kappa shape index (κ3) is 4.70. The Morgan fingerprint density at radius 2 is 1.41 bits per heavy atom. The van der Waals surface area contributed by atoms with Gasteiger partial charge in [0.05, 0.1) is 5.69 Å². The maximum Gasteiger partial charge on any atom is 0.225 e. The van der Waals surface area contributed by atoms with Crippen LogP contribution in [-0.4, -0.2) is 34.6 Å². The SMILES string of the molecule is Cl.c1ccc2c(-c3ccc(-c4ccc5c(c4)C4(CCN(c6nccc(-c7c[nH]c8ccccc78)n6)CC4)CN5)cc3)cccc2c1. The van der Waals surface area contributed by atoms with Gasteiger partial charge in [0.2, 0.25) is 5.95 Å². The van der Waals surface area contributed by atoms with Crippen LogP contribution in [0.3, 0.4) is 0 Å². The first-order chi connectivity index (χ1) is 22.2. The van der Waals surface area contributed by atoms with Crippen LogP contribution >= 0.6 is 12.4 Å². The van der Waals surface area contributed by atoms with E-state index in [1.54, 1.807) is 0 Å². The van der Waals surface area contributed by atoms with Gasteiger partial charge in [-0.25, -0.2) is 9.97 Å². The second-order valence-electron chi connectivity index (χ2n) is 12.5. The average molecular weight is 620 g/mol. The molecule has 9 rings (SSSR count). The van der Waals surface area contributed by atoms with Crippen LogP contribution in [0.1, 0.15) is 18.4 Å². The molecule has 0 amide bonds. The fourth-order valence-corrected chi connectivity index (χ4v) is 7.51. The van der Waals surface area contributed by atoms with Crippen molar-refractivity contribution in [1.82, 2.24) is 15.0 Å². The summed E-state index contributed by atoms with van der Waals surface area (Å²) in [7, 11) is 0. The highest BCUT2D eigenvalue weighted by Crippen LogP contribution is 2.46. The zero-order valence-electron chi connectivity index (χ0n) is 25.4. The van der Waals surface area contributed by atoms with E-state index in [0.717, 1.165) is 55.2 Å². The van der Waals surface area contributed by atoms with Crippen molar-refractivity contribution in [1.29, 1.82) is 0 Å². The van der Waals surface area contributed by atoms with Gasteiger partial charge in [-0.2, -0.15) is 0 Å². The van der Waals surface area contributed by atoms with Crippen molar-refractivity contribution in [3.63, 3.8) is 0 Å². The summed E-state index contributed by atoms with van der Waals surface area (Å²) in [5, 5.41) is 7.49. The number of hydrogen-bond acceptors (Lipinski definition) is 4. The summed E-state index contributed by atoms with van der Waals surface area (Å²) in [6.07, 6.45) is 6.08. The second-order valence-corrected chi connectivity index (χ2v) is 12.5. The topological polar surface area (TPSA) is 56.8 Å². The van der Waals surface area contributed by atoms with E-state index < -0.39 is 0 Å². The van der Waals surface area contributed by atoms with E-state index in [1.807, 2.05) is 12.3 Å². The molecule has 1 saturated heterocycles. The van der Waals surface area contributed by atoms with Crippen LogP contribution in [0.15, 0.2) is 128 Å². The Balaban J connectivity index is 0.00000312. The highest BCUT2D eigenvalue weighted by Gasteiger charge is 2.42. The van der Waals surface area contributed by atoms with Crippen molar-refractivity contribution in [3.05, 3.63) is 133 Å². The van der Waals surface area contributed by atoms with E-state index in [4.69, 9.17) is 9.97 Å². The van der Waals surface area contributed by atoms with Gasteiger partial charge >= 0.3 is 0 Å². The number of benzene rings is 5. The maximum absolute atomic E-state index is 5.03. The molecule has 7 aromatic rings. The van der Waals surface area contributed by atoms with E-state index in [9.17, 15) is 0 Å². The zero-order chi connectivity index (χ0) is 29.8. The van der Waals surface area contributed by atoms with Gasteiger partial charge in [-0.3, -0.25) is 0 Å². The standard InChI is InChI=1S/C40H33N5.ClH/c1-2-8-31-28(6-1)7-5-10-32(31)29-14-12-27(13-15-29)30-16-17-38-35(24-30)40(26-43-38)19-22-45(23-20-40)39-41-21-18-37(44-39)34-25-42-36-11-4-3-9-33(34)36;/h1-18,21,24-25,42-43H,19-20,22-23,26H2;1H. The summed E-state index contributed by atoms with van der Waals surface area (Å²) in [6.45, 7) is 2.85. The lowest BCUT2D eigenvalue weighted by Gasteiger charge is -2.39. The van der Waals surface area contributed by atoms with E-state index in [1.165, 1.54) is 49.7 Å². The summed E-state index contributed by atoms with van der Waals surface area (Å²) in [4.78, 5) is 15.5. The minimum Gasteiger partial charge on any atom is -0.384 e. The summed E-state index contributed by atoms with van der Waals surface area (Å²) in [6, 6.07) is 41.6. The average Bonchev–Trinajstić information content (AvgIpc) is 3.70. The monoisotopic (exact) mass is 619 g/mol. The van der Waals surface area contributed by atoms with Crippen LogP contribution in [0.4, 0.5) is 11.6 Å². The van der Waals surface area contributed by atoms with Crippen molar-refractivity contribution in [2.45, 2.75) is 18.3 Å². The number of piperidine rings is 1. The van der Waals surface area contributed by atoms with Crippen molar-refractivity contribution < 1.29 is 0 Å². The van der Waals surface area contributed by atoms with Crippen LogP contribution in [0, 0.1) is 0 Å². The highest BCUT2D eigenvalue weighted by atomic mass is 35.5. The molecular formula is C40H34ClN5. The summed E-state index contributed by atoms with van der Waals surface area (Å²) in [5.74, 6) is 0.818. The fourth-order valence-electron chi connectivity index (χ4n) is 7.51. The molecule has 2 aliphatic heterocycles. The summed E-state index contributed by atoms with van der Waals surface area (Å²) >= 11 is 0. The number of anilines is 2. The molecule has 226 valence electrons. The minimum atomic E-state index is 0. The first kappa shape index (κ1) is 28.4. The number of hydrogen-bond donors (Lipinski definition) is 2. The Morgan fingerprint density at radius 3 is 2.28 bits per heavy atom. The second kappa shape index (κ2) is 11.3. The molecule has 5 aromatic carbocycles. The smallest absolute Gasteiger partial charge is 0.225 e. The Hall–Kier alpha value is -5.13. The van der Waals surface area contributed by atoms with Crippen LogP contribution in [0.25, 0.3) is 55.2 Å². The molecule has 0 saturated carbocycles. The third-order valence-electron chi connectivity index (χ3n) is 10.0. The Morgan fingerprint density at radius 1 is 0.674 bits per heavy atom. The number of rotatable bonds is 4. The Kier molecular flexibility index (Phi) is 6.99. The number of nitrogens with zero attached hydrogens (tertiary/aromatic N) is 3. The fraction of sp³-hybridized carbons (Fsp3) is 0.150. The van der Waals surface area contributed by atoms with E-state index >= 15 is 0 Å².